The maximum atomic E-state index is 13.2. The van der Waals surface area contributed by atoms with Gasteiger partial charge in [0.1, 0.15) is 17.3 Å². The molecule has 1 aromatic carbocycles. The Bertz CT molecular complexity index is 630. The van der Waals surface area contributed by atoms with E-state index < -0.39 is 5.82 Å². The van der Waals surface area contributed by atoms with Crippen LogP contribution >= 0.6 is 11.6 Å². The lowest BCUT2D eigenvalue weighted by atomic mass is 9.98. The van der Waals surface area contributed by atoms with Gasteiger partial charge >= 0.3 is 0 Å². The van der Waals surface area contributed by atoms with Crippen LogP contribution in [0.5, 0.6) is 0 Å². The predicted molar refractivity (Wildman–Crippen MR) is 86.4 cm³/mol. The standard InChI is InChI=1S/C17H20ClFN2O.2ClH/c18-15-9-13(1-3-16(15)19)17-4-2-14(22-17)11-21-10-12-5-7-20-8-6-12;;/h1-4,9,12,20-21H,5-8,10-11H2;2*1H/p-2. The van der Waals surface area contributed by atoms with Gasteiger partial charge in [0, 0.05) is 5.56 Å². The van der Waals surface area contributed by atoms with Crippen molar-refractivity contribution in [1.82, 2.24) is 10.6 Å². The number of piperidine rings is 1. The molecule has 2 heterocycles. The Morgan fingerprint density at radius 2 is 1.92 bits per heavy atom. The van der Waals surface area contributed by atoms with Gasteiger partial charge in [-0.15, -0.1) is 0 Å². The van der Waals surface area contributed by atoms with Crippen LogP contribution in [-0.4, -0.2) is 19.6 Å². The number of furan rings is 1. The van der Waals surface area contributed by atoms with Crippen LogP contribution in [-0.2, 0) is 6.54 Å². The van der Waals surface area contributed by atoms with Gasteiger partial charge in [-0.25, -0.2) is 4.39 Å². The van der Waals surface area contributed by atoms with E-state index in [9.17, 15) is 4.39 Å². The molecule has 0 unspecified atom stereocenters. The van der Waals surface area contributed by atoms with Crippen LogP contribution in [0.3, 0.4) is 0 Å². The van der Waals surface area contributed by atoms with E-state index in [1.165, 1.54) is 18.9 Å². The lowest BCUT2D eigenvalue weighted by molar-refractivity contribution is -0.001000. The molecule has 0 amide bonds. The molecule has 134 valence electrons. The molecule has 2 aromatic rings. The lowest BCUT2D eigenvalue weighted by Crippen LogP contribution is -3.00. The maximum Gasteiger partial charge on any atom is 0.141 e. The summed E-state index contributed by atoms with van der Waals surface area (Å²) in [4.78, 5) is 0. The minimum absolute atomic E-state index is 0. The first-order valence-corrected chi connectivity index (χ1v) is 8.06. The van der Waals surface area contributed by atoms with E-state index in [2.05, 4.69) is 10.6 Å². The minimum atomic E-state index is -0.416. The van der Waals surface area contributed by atoms with E-state index in [0.717, 1.165) is 36.9 Å². The summed E-state index contributed by atoms with van der Waals surface area (Å²) in [5.74, 6) is 1.91. The number of nitrogens with one attached hydrogen (secondary N) is 2. The molecule has 3 nitrogen and oxygen atoms in total. The first-order chi connectivity index (χ1) is 10.7. The van der Waals surface area contributed by atoms with Gasteiger partial charge in [-0.3, -0.25) is 0 Å². The zero-order valence-electron chi connectivity index (χ0n) is 13.1. The van der Waals surface area contributed by atoms with E-state index in [0.29, 0.717) is 12.3 Å². The molecule has 3 rings (SSSR count). The fourth-order valence-corrected chi connectivity index (χ4v) is 2.94. The van der Waals surface area contributed by atoms with Crippen molar-refractivity contribution in [3.05, 3.63) is 46.9 Å². The van der Waals surface area contributed by atoms with Crippen molar-refractivity contribution < 1.29 is 33.6 Å². The van der Waals surface area contributed by atoms with E-state index in [4.69, 9.17) is 16.0 Å². The zero-order chi connectivity index (χ0) is 15.4. The van der Waals surface area contributed by atoms with Crippen molar-refractivity contribution in [1.29, 1.82) is 0 Å². The Labute approximate surface area is 159 Å². The molecule has 1 aliphatic heterocycles. The van der Waals surface area contributed by atoms with Crippen molar-refractivity contribution in [2.75, 3.05) is 19.6 Å². The third-order valence-electron chi connectivity index (χ3n) is 4.06. The van der Waals surface area contributed by atoms with Crippen molar-refractivity contribution in [2.45, 2.75) is 19.4 Å². The van der Waals surface area contributed by atoms with Crippen LogP contribution in [0.4, 0.5) is 4.39 Å². The van der Waals surface area contributed by atoms with Crippen LogP contribution in [0.25, 0.3) is 11.3 Å². The number of halogens is 4. The number of hydrogen-bond donors (Lipinski definition) is 2. The molecule has 24 heavy (non-hydrogen) atoms. The summed E-state index contributed by atoms with van der Waals surface area (Å²) >= 11 is 5.81. The Hall–Kier alpha value is -0.780. The molecular weight excluding hydrogens is 374 g/mol. The monoisotopic (exact) mass is 392 g/mol. The molecule has 0 saturated carbocycles. The van der Waals surface area contributed by atoms with Gasteiger partial charge < -0.3 is 39.9 Å². The van der Waals surface area contributed by atoms with Gasteiger partial charge in [0.05, 0.1) is 11.6 Å². The van der Waals surface area contributed by atoms with Gasteiger partial charge in [0.15, 0.2) is 0 Å². The third-order valence-corrected chi connectivity index (χ3v) is 4.35. The van der Waals surface area contributed by atoms with E-state index in [-0.39, 0.29) is 29.8 Å². The summed E-state index contributed by atoms with van der Waals surface area (Å²) < 4.78 is 19.0. The van der Waals surface area contributed by atoms with Crippen LogP contribution in [0.2, 0.25) is 5.02 Å². The highest BCUT2D eigenvalue weighted by molar-refractivity contribution is 6.31. The molecule has 1 aliphatic rings. The van der Waals surface area contributed by atoms with Crippen LogP contribution in [0.1, 0.15) is 18.6 Å². The zero-order valence-corrected chi connectivity index (χ0v) is 15.4. The van der Waals surface area contributed by atoms with E-state index >= 15 is 0 Å². The Kier molecular flexibility index (Phi) is 9.09. The second-order valence-corrected chi connectivity index (χ2v) is 6.13. The van der Waals surface area contributed by atoms with Gasteiger partial charge in [0.25, 0.3) is 0 Å². The molecule has 1 saturated heterocycles. The Balaban J connectivity index is 0.00000144. The Morgan fingerprint density at radius 3 is 2.62 bits per heavy atom. The molecule has 2 N–H and O–H groups in total. The molecule has 1 aromatic heterocycles. The van der Waals surface area contributed by atoms with Crippen molar-refractivity contribution >= 4 is 11.6 Å². The molecule has 0 spiro atoms. The molecule has 1 fully saturated rings. The van der Waals surface area contributed by atoms with Crippen LogP contribution in [0.15, 0.2) is 34.7 Å². The number of rotatable bonds is 5. The van der Waals surface area contributed by atoms with Gasteiger partial charge in [-0.05, 0) is 68.7 Å². The van der Waals surface area contributed by atoms with Gasteiger partial charge in [-0.1, -0.05) is 11.6 Å². The van der Waals surface area contributed by atoms with Crippen molar-refractivity contribution in [3.8, 4) is 11.3 Å². The predicted octanol–water partition coefficient (Wildman–Crippen LogP) is -2.16. The smallest absolute Gasteiger partial charge is 0.141 e. The summed E-state index contributed by atoms with van der Waals surface area (Å²) in [7, 11) is 0. The lowest BCUT2D eigenvalue weighted by Gasteiger charge is -2.22. The van der Waals surface area contributed by atoms with E-state index in [1.54, 1.807) is 12.1 Å². The van der Waals surface area contributed by atoms with Crippen LogP contribution in [0, 0.1) is 11.7 Å². The molecule has 0 radical (unpaired) electrons. The molecular formula is C17H20Cl3FN2O-2. The molecule has 0 atom stereocenters. The van der Waals surface area contributed by atoms with Crippen molar-refractivity contribution in [2.24, 2.45) is 5.92 Å². The maximum absolute atomic E-state index is 13.2. The first kappa shape index (κ1) is 21.3. The highest BCUT2D eigenvalue weighted by Gasteiger charge is 2.13. The number of hydrogen-bond acceptors (Lipinski definition) is 3. The number of benzene rings is 1. The SMILES string of the molecule is Fc1ccc(-c2ccc(CNCC3CCNCC3)o2)cc1Cl.[Cl-].[Cl-]. The second-order valence-electron chi connectivity index (χ2n) is 5.72. The largest absolute Gasteiger partial charge is 1.00 e. The summed E-state index contributed by atoms with van der Waals surface area (Å²) in [6, 6.07) is 8.45. The first-order valence-electron chi connectivity index (χ1n) is 7.68. The Morgan fingerprint density at radius 1 is 1.17 bits per heavy atom. The third kappa shape index (κ3) is 5.64. The van der Waals surface area contributed by atoms with Crippen molar-refractivity contribution in [3.63, 3.8) is 0 Å². The second kappa shape index (κ2) is 10.3. The fraction of sp³-hybridized carbons (Fsp3) is 0.412. The summed E-state index contributed by atoms with van der Waals surface area (Å²) in [6.07, 6.45) is 2.45. The minimum Gasteiger partial charge on any atom is -1.00 e. The average Bonchev–Trinajstić information content (AvgIpc) is 3.00. The van der Waals surface area contributed by atoms with Crippen LogP contribution < -0.4 is 35.4 Å². The highest BCUT2D eigenvalue weighted by Crippen LogP contribution is 2.26. The van der Waals surface area contributed by atoms with Gasteiger partial charge in [0.2, 0.25) is 0 Å². The molecule has 0 bridgehead atoms. The quantitative estimate of drug-likeness (QED) is 0.608. The summed E-state index contributed by atoms with van der Waals surface area (Å²) in [6.45, 7) is 3.95. The molecule has 7 heteroatoms. The van der Waals surface area contributed by atoms with Gasteiger partial charge in [-0.2, -0.15) is 0 Å². The summed E-state index contributed by atoms with van der Waals surface area (Å²) in [5, 5.41) is 6.93. The normalized spacial score (nSPS) is 14.8. The average molecular weight is 394 g/mol. The fourth-order valence-electron chi connectivity index (χ4n) is 2.76. The highest BCUT2D eigenvalue weighted by atomic mass is 35.5. The topological polar surface area (TPSA) is 37.2 Å². The summed E-state index contributed by atoms with van der Waals surface area (Å²) in [5.41, 5.74) is 0.788. The molecule has 0 aliphatic carbocycles. The van der Waals surface area contributed by atoms with E-state index in [1.807, 2.05) is 12.1 Å².